The quantitative estimate of drug-likeness (QED) is 0.470. The van der Waals surface area contributed by atoms with E-state index in [2.05, 4.69) is 20.8 Å². The van der Waals surface area contributed by atoms with Crippen LogP contribution in [0.25, 0.3) is 0 Å². The highest BCUT2D eigenvalue weighted by Gasteiger charge is 2.21. The van der Waals surface area contributed by atoms with Crippen molar-refractivity contribution in [2.75, 3.05) is 19.8 Å². The van der Waals surface area contributed by atoms with Crippen molar-refractivity contribution in [2.24, 2.45) is 5.41 Å². The molecule has 1 atom stereocenters. The fraction of sp³-hybridized carbons (Fsp3) is 1.00. The van der Waals surface area contributed by atoms with Crippen LogP contribution >= 0.6 is 0 Å². The van der Waals surface area contributed by atoms with E-state index < -0.39 is 0 Å². The monoisotopic (exact) mass is 186 g/mol. The second-order valence-corrected chi connectivity index (χ2v) is 5.02. The summed E-state index contributed by atoms with van der Waals surface area (Å²) in [5.41, 5.74) is 0.447. The van der Waals surface area contributed by atoms with Crippen molar-refractivity contribution in [3.05, 3.63) is 0 Å². The average molecular weight is 186 g/mol. The van der Waals surface area contributed by atoms with Gasteiger partial charge in [-0.15, -0.1) is 0 Å². The summed E-state index contributed by atoms with van der Waals surface area (Å²) >= 11 is 0. The molecule has 0 spiro atoms. The molecule has 0 bridgehead atoms. The Hall–Kier alpha value is -0.0800. The molecule has 0 aliphatic carbocycles. The Morgan fingerprint density at radius 3 is 2.54 bits per heavy atom. The topological polar surface area (TPSA) is 21.8 Å². The molecular weight excluding hydrogens is 164 g/mol. The van der Waals surface area contributed by atoms with Gasteiger partial charge in [0.25, 0.3) is 0 Å². The van der Waals surface area contributed by atoms with Crippen LogP contribution < -0.4 is 0 Å². The molecule has 2 heteroatoms. The molecule has 1 fully saturated rings. The molecule has 0 saturated carbocycles. The fourth-order valence-corrected chi connectivity index (χ4v) is 1.26. The van der Waals surface area contributed by atoms with Crippen LogP contribution in [0.15, 0.2) is 0 Å². The molecule has 13 heavy (non-hydrogen) atoms. The van der Waals surface area contributed by atoms with Crippen LogP contribution in [0.4, 0.5) is 0 Å². The van der Waals surface area contributed by atoms with E-state index in [1.165, 1.54) is 12.8 Å². The van der Waals surface area contributed by atoms with Gasteiger partial charge in [-0.05, 0) is 24.7 Å². The van der Waals surface area contributed by atoms with Gasteiger partial charge in [0.2, 0.25) is 0 Å². The molecule has 1 heterocycles. The molecule has 0 aromatic carbocycles. The molecule has 0 amide bonds. The summed E-state index contributed by atoms with van der Waals surface area (Å²) in [7, 11) is 0. The Balaban J connectivity index is 1.78. The maximum Gasteiger partial charge on any atom is 0.0831 e. The molecule has 2 nitrogen and oxygen atoms in total. The Morgan fingerprint density at radius 2 is 2.00 bits per heavy atom. The largest absolute Gasteiger partial charge is 0.381 e. The summed E-state index contributed by atoms with van der Waals surface area (Å²) in [6, 6.07) is 0. The van der Waals surface area contributed by atoms with Crippen molar-refractivity contribution in [1.29, 1.82) is 0 Å². The third-order valence-corrected chi connectivity index (χ3v) is 2.20. The summed E-state index contributed by atoms with van der Waals surface area (Å²) in [5.74, 6) is 0. The van der Waals surface area contributed by atoms with Crippen LogP contribution in [0.1, 0.15) is 40.0 Å². The molecule has 1 aliphatic heterocycles. The highest BCUT2D eigenvalue weighted by molar-refractivity contribution is 4.67. The molecule has 1 saturated heterocycles. The molecule has 1 rings (SSSR count). The minimum Gasteiger partial charge on any atom is -0.381 e. The van der Waals surface area contributed by atoms with Gasteiger partial charge in [0, 0.05) is 13.2 Å². The predicted molar refractivity (Wildman–Crippen MR) is 53.9 cm³/mol. The van der Waals surface area contributed by atoms with Gasteiger partial charge in [0.15, 0.2) is 0 Å². The van der Waals surface area contributed by atoms with Gasteiger partial charge < -0.3 is 9.47 Å². The smallest absolute Gasteiger partial charge is 0.0831 e. The van der Waals surface area contributed by atoms with Crippen molar-refractivity contribution in [3.8, 4) is 0 Å². The van der Waals surface area contributed by atoms with Crippen LogP contribution in [0, 0.1) is 5.41 Å². The Morgan fingerprint density at radius 1 is 1.31 bits per heavy atom. The summed E-state index contributed by atoms with van der Waals surface area (Å²) in [6.07, 6.45) is 4.01. The molecule has 1 aliphatic rings. The highest BCUT2D eigenvalue weighted by Crippen LogP contribution is 2.20. The summed E-state index contributed by atoms with van der Waals surface area (Å²) in [5, 5.41) is 0. The van der Waals surface area contributed by atoms with Crippen LogP contribution in [0.2, 0.25) is 0 Å². The lowest BCUT2D eigenvalue weighted by Gasteiger charge is -2.17. The summed E-state index contributed by atoms with van der Waals surface area (Å²) in [6.45, 7) is 9.53. The number of epoxide rings is 1. The first-order valence-electron chi connectivity index (χ1n) is 5.27. The summed E-state index contributed by atoms with van der Waals surface area (Å²) in [4.78, 5) is 0. The minimum atomic E-state index is 0.447. The van der Waals surface area contributed by atoms with Crippen molar-refractivity contribution < 1.29 is 9.47 Å². The second kappa shape index (κ2) is 4.97. The van der Waals surface area contributed by atoms with Crippen molar-refractivity contribution in [2.45, 2.75) is 46.1 Å². The third kappa shape index (κ3) is 7.03. The van der Waals surface area contributed by atoms with Crippen LogP contribution in [-0.2, 0) is 9.47 Å². The second-order valence-electron chi connectivity index (χ2n) is 5.02. The van der Waals surface area contributed by atoms with Crippen molar-refractivity contribution >= 4 is 0 Å². The van der Waals surface area contributed by atoms with Gasteiger partial charge >= 0.3 is 0 Å². The van der Waals surface area contributed by atoms with Crippen LogP contribution in [0.3, 0.4) is 0 Å². The lowest BCUT2D eigenvalue weighted by Crippen LogP contribution is -2.07. The SMILES string of the molecule is CC(C)(C)CCCOCCC1CO1. The highest BCUT2D eigenvalue weighted by atomic mass is 16.6. The van der Waals surface area contributed by atoms with E-state index in [1.54, 1.807) is 0 Å². The predicted octanol–water partition coefficient (Wildman–Crippen LogP) is 2.62. The van der Waals surface area contributed by atoms with Crippen LogP contribution in [-0.4, -0.2) is 25.9 Å². The Kier molecular flexibility index (Phi) is 4.20. The lowest BCUT2D eigenvalue weighted by atomic mass is 9.91. The number of hydrogen-bond donors (Lipinski definition) is 0. The standard InChI is InChI=1S/C11H22O2/c1-11(2,3)6-4-7-12-8-5-10-9-13-10/h10H,4-9H2,1-3H3. The lowest BCUT2D eigenvalue weighted by molar-refractivity contribution is 0.115. The normalized spacial score (nSPS) is 21.9. The zero-order chi connectivity index (χ0) is 9.73. The zero-order valence-electron chi connectivity index (χ0n) is 9.14. The van der Waals surface area contributed by atoms with Gasteiger partial charge in [-0.2, -0.15) is 0 Å². The van der Waals surface area contributed by atoms with E-state index in [0.717, 1.165) is 26.2 Å². The Labute approximate surface area is 81.6 Å². The number of hydrogen-bond acceptors (Lipinski definition) is 2. The summed E-state index contributed by atoms with van der Waals surface area (Å²) < 4.78 is 10.6. The number of ether oxygens (including phenoxy) is 2. The molecular formula is C11H22O2. The first-order valence-corrected chi connectivity index (χ1v) is 5.27. The van der Waals surface area contributed by atoms with Gasteiger partial charge in [-0.1, -0.05) is 20.8 Å². The van der Waals surface area contributed by atoms with Gasteiger partial charge in [0.05, 0.1) is 12.7 Å². The first kappa shape index (κ1) is 11.0. The van der Waals surface area contributed by atoms with Crippen LogP contribution in [0.5, 0.6) is 0 Å². The number of rotatable bonds is 6. The third-order valence-electron chi connectivity index (χ3n) is 2.20. The van der Waals surface area contributed by atoms with Gasteiger partial charge in [0.1, 0.15) is 0 Å². The fourth-order valence-electron chi connectivity index (χ4n) is 1.26. The Bertz CT molecular complexity index is 134. The van der Waals surface area contributed by atoms with E-state index >= 15 is 0 Å². The minimum absolute atomic E-state index is 0.447. The maximum atomic E-state index is 5.50. The molecule has 0 aromatic rings. The van der Waals surface area contributed by atoms with E-state index in [4.69, 9.17) is 9.47 Å². The van der Waals surface area contributed by atoms with Crippen molar-refractivity contribution in [1.82, 2.24) is 0 Å². The molecule has 1 unspecified atom stereocenters. The van der Waals surface area contributed by atoms with E-state index in [1.807, 2.05) is 0 Å². The molecule has 0 aromatic heterocycles. The van der Waals surface area contributed by atoms with Crippen molar-refractivity contribution in [3.63, 3.8) is 0 Å². The van der Waals surface area contributed by atoms with Gasteiger partial charge in [-0.25, -0.2) is 0 Å². The van der Waals surface area contributed by atoms with Gasteiger partial charge in [-0.3, -0.25) is 0 Å². The van der Waals surface area contributed by atoms with E-state index in [9.17, 15) is 0 Å². The molecule has 0 radical (unpaired) electrons. The first-order chi connectivity index (χ1) is 6.08. The van der Waals surface area contributed by atoms with E-state index in [-0.39, 0.29) is 0 Å². The van der Waals surface area contributed by atoms with E-state index in [0.29, 0.717) is 11.5 Å². The maximum absolute atomic E-state index is 5.50. The zero-order valence-corrected chi connectivity index (χ0v) is 9.14. The molecule has 0 N–H and O–H groups in total. The average Bonchev–Trinajstić information content (AvgIpc) is 2.77. The molecule has 78 valence electrons.